The Hall–Kier alpha value is -2.08. The molecule has 0 saturated carbocycles. The van der Waals surface area contributed by atoms with Crippen LogP contribution >= 0.6 is 0 Å². The molecule has 1 atom stereocenters. The van der Waals surface area contributed by atoms with Crippen LogP contribution in [0.1, 0.15) is 6.92 Å². The summed E-state index contributed by atoms with van der Waals surface area (Å²) in [6, 6.07) is 6.84. The molecule has 1 aliphatic heterocycles. The summed E-state index contributed by atoms with van der Waals surface area (Å²) in [6.07, 6.45) is 0. The lowest BCUT2D eigenvalue weighted by atomic mass is 10.2. The number of hydrogen-bond donors (Lipinski definition) is 2. The highest BCUT2D eigenvalue weighted by atomic mass is 16.5. The molecule has 1 heterocycles. The molecule has 0 bridgehead atoms. The van der Waals surface area contributed by atoms with Crippen molar-refractivity contribution < 1.29 is 14.3 Å². The molecule has 0 radical (unpaired) electrons. The van der Waals surface area contributed by atoms with E-state index in [2.05, 4.69) is 10.6 Å². The van der Waals surface area contributed by atoms with E-state index in [1.165, 1.54) is 0 Å². The number of nitrogens with one attached hydrogen (secondary N) is 2. The third kappa shape index (κ3) is 3.48. The minimum Gasteiger partial charge on any atom is -0.497 e. The SMILES string of the molecule is COc1ccc(NC(=O)CN2CCNC(C)C2=O)cc1. The number of ether oxygens (including phenoxy) is 1. The van der Waals surface area contributed by atoms with Crippen LogP contribution in [0.4, 0.5) is 5.69 Å². The number of carbonyl (C=O) groups is 2. The molecule has 1 aromatic carbocycles. The quantitative estimate of drug-likeness (QED) is 0.838. The number of piperazine rings is 1. The van der Waals surface area contributed by atoms with Gasteiger partial charge in [0.25, 0.3) is 0 Å². The predicted molar refractivity (Wildman–Crippen MR) is 75.7 cm³/mol. The van der Waals surface area contributed by atoms with Crippen LogP contribution in [-0.4, -0.2) is 49.5 Å². The number of benzene rings is 1. The highest BCUT2D eigenvalue weighted by Crippen LogP contribution is 2.15. The molecule has 2 amide bonds. The minimum atomic E-state index is -0.225. The standard InChI is InChI=1S/C14H19N3O3/c1-10-14(19)17(8-7-15-10)9-13(18)16-11-3-5-12(20-2)6-4-11/h3-6,10,15H,7-9H2,1-2H3,(H,16,18). The fraction of sp³-hybridized carbons (Fsp3) is 0.429. The van der Waals surface area contributed by atoms with E-state index in [-0.39, 0.29) is 24.4 Å². The Morgan fingerprint density at radius 3 is 2.80 bits per heavy atom. The predicted octanol–water partition coefficient (Wildman–Crippen LogP) is 0.454. The molecule has 6 heteroatoms. The van der Waals surface area contributed by atoms with Gasteiger partial charge in [0, 0.05) is 18.8 Å². The van der Waals surface area contributed by atoms with Crippen molar-refractivity contribution in [2.75, 3.05) is 32.1 Å². The summed E-state index contributed by atoms with van der Waals surface area (Å²) >= 11 is 0. The number of hydrogen-bond acceptors (Lipinski definition) is 4. The lowest BCUT2D eigenvalue weighted by Gasteiger charge is -2.30. The van der Waals surface area contributed by atoms with Gasteiger partial charge < -0.3 is 20.3 Å². The van der Waals surface area contributed by atoms with Crippen molar-refractivity contribution in [2.24, 2.45) is 0 Å². The molecule has 1 aliphatic rings. The molecule has 1 unspecified atom stereocenters. The Morgan fingerprint density at radius 2 is 2.15 bits per heavy atom. The molecule has 0 aromatic heterocycles. The molecule has 0 spiro atoms. The summed E-state index contributed by atoms with van der Waals surface area (Å²) in [7, 11) is 1.59. The normalized spacial score (nSPS) is 18.8. The zero-order valence-electron chi connectivity index (χ0n) is 11.7. The van der Waals surface area contributed by atoms with E-state index >= 15 is 0 Å². The number of methoxy groups -OCH3 is 1. The van der Waals surface area contributed by atoms with Crippen LogP contribution in [-0.2, 0) is 9.59 Å². The molecular formula is C14H19N3O3. The van der Waals surface area contributed by atoms with Gasteiger partial charge in [-0.05, 0) is 31.2 Å². The Labute approximate surface area is 118 Å². The van der Waals surface area contributed by atoms with E-state index in [0.29, 0.717) is 18.8 Å². The summed E-state index contributed by atoms with van der Waals surface area (Å²) in [6.45, 7) is 3.15. The summed E-state index contributed by atoms with van der Waals surface area (Å²) < 4.78 is 5.05. The molecule has 1 aromatic rings. The summed E-state index contributed by atoms with van der Waals surface area (Å²) in [5.74, 6) is 0.493. The van der Waals surface area contributed by atoms with E-state index in [1.54, 1.807) is 43.2 Å². The van der Waals surface area contributed by atoms with Crippen LogP contribution in [0.15, 0.2) is 24.3 Å². The first-order valence-electron chi connectivity index (χ1n) is 6.56. The average Bonchev–Trinajstić information content (AvgIpc) is 2.45. The maximum atomic E-state index is 11.9. The molecule has 108 valence electrons. The highest BCUT2D eigenvalue weighted by molar-refractivity contribution is 5.95. The lowest BCUT2D eigenvalue weighted by molar-refractivity contribution is -0.138. The van der Waals surface area contributed by atoms with Crippen LogP contribution in [0.5, 0.6) is 5.75 Å². The third-order valence-electron chi connectivity index (χ3n) is 3.22. The monoisotopic (exact) mass is 277 g/mol. The molecular weight excluding hydrogens is 258 g/mol. The largest absolute Gasteiger partial charge is 0.497 e. The van der Waals surface area contributed by atoms with Crippen LogP contribution in [0, 0.1) is 0 Å². The maximum absolute atomic E-state index is 11.9. The van der Waals surface area contributed by atoms with Crippen molar-refractivity contribution in [3.8, 4) is 5.75 Å². The van der Waals surface area contributed by atoms with E-state index in [9.17, 15) is 9.59 Å². The smallest absolute Gasteiger partial charge is 0.243 e. The molecule has 20 heavy (non-hydrogen) atoms. The Kier molecular flexibility index (Phi) is 4.57. The Balaban J connectivity index is 1.89. The summed E-state index contributed by atoms with van der Waals surface area (Å²) in [4.78, 5) is 25.4. The Bertz CT molecular complexity index is 487. The van der Waals surface area contributed by atoms with Gasteiger partial charge in [0.05, 0.1) is 19.7 Å². The second-order valence-corrected chi connectivity index (χ2v) is 4.71. The molecule has 1 saturated heterocycles. The molecule has 0 aliphatic carbocycles. The summed E-state index contributed by atoms with van der Waals surface area (Å²) in [5.41, 5.74) is 0.687. The third-order valence-corrected chi connectivity index (χ3v) is 3.22. The molecule has 2 rings (SSSR count). The van der Waals surface area contributed by atoms with Crippen LogP contribution in [0.25, 0.3) is 0 Å². The van der Waals surface area contributed by atoms with E-state index < -0.39 is 0 Å². The van der Waals surface area contributed by atoms with Crippen LogP contribution in [0.2, 0.25) is 0 Å². The first kappa shape index (κ1) is 14.3. The van der Waals surface area contributed by atoms with E-state index in [4.69, 9.17) is 4.74 Å². The van der Waals surface area contributed by atoms with Crippen molar-refractivity contribution in [3.05, 3.63) is 24.3 Å². The fourth-order valence-corrected chi connectivity index (χ4v) is 2.09. The van der Waals surface area contributed by atoms with Crippen LogP contribution < -0.4 is 15.4 Å². The van der Waals surface area contributed by atoms with Gasteiger partial charge in [-0.3, -0.25) is 9.59 Å². The van der Waals surface area contributed by atoms with Gasteiger partial charge in [0.1, 0.15) is 5.75 Å². The van der Waals surface area contributed by atoms with Gasteiger partial charge in [-0.15, -0.1) is 0 Å². The highest BCUT2D eigenvalue weighted by Gasteiger charge is 2.25. The van der Waals surface area contributed by atoms with Crippen molar-refractivity contribution in [1.29, 1.82) is 0 Å². The van der Waals surface area contributed by atoms with Gasteiger partial charge in [0.15, 0.2) is 0 Å². The fourth-order valence-electron chi connectivity index (χ4n) is 2.09. The van der Waals surface area contributed by atoms with Gasteiger partial charge in [-0.1, -0.05) is 0 Å². The number of nitrogens with zero attached hydrogens (tertiary/aromatic N) is 1. The zero-order chi connectivity index (χ0) is 14.5. The van der Waals surface area contributed by atoms with E-state index in [1.807, 2.05) is 0 Å². The van der Waals surface area contributed by atoms with Gasteiger partial charge >= 0.3 is 0 Å². The number of carbonyl (C=O) groups excluding carboxylic acids is 2. The topological polar surface area (TPSA) is 70.7 Å². The van der Waals surface area contributed by atoms with Crippen molar-refractivity contribution in [2.45, 2.75) is 13.0 Å². The van der Waals surface area contributed by atoms with Gasteiger partial charge in [-0.2, -0.15) is 0 Å². The first-order chi connectivity index (χ1) is 9.60. The number of anilines is 1. The zero-order valence-corrected chi connectivity index (χ0v) is 11.7. The van der Waals surface area contributed by atoms with Gasteiger partial charge in [-0.25, -0.2) is 0 Å². The van der Waals surface area contributed by atoms with Gasteiger partial charge in [0.2, 0.25) is 11.8 Å². The number of amides is 2. The molecule has 1 fully saturated rings. The first-order valence-corrected chi connectivity index (χ1v) is 6.56. The van der Waals surface area contributed by atoms with Crippen molar-refractivity contribution in [3.63, 3.8) is 0 Å². The Morgan fingerprint density at radius 1 is 1.45 bits per heavy atom. The van der Waals surface area contributed by atoms with E-state index in [0.717, 1.165) is 5.75 Å². The lowest BCUT2D eigenvalue weighted by Crippen LogP contribution is -2.55. The second kappa shape index (κ2) is 6.38. The van der Waals surface area contributed by atoms with Crippen LogP contribution in [0.3, 0.4) is 0 Å². The molecule has 2 N–H and O–H groups in total. The van der Waals surface area contributed by atoms with Crippen molar-refractivity contribution >= 4 is 17.5 Å². The number of rotatable bonds is 4. The average molecular weight is 277 g/mol. The van der Waals surface area contributed by atoms with Crippen molar-refractivity contribution in [1.82, 2.24) is 10.2 Å². The molecule has 6 nitrogen and oxygen atoms in total. The maximum Gasteiger partial charge on any atom is 0.243 e. The summed E-state index contributed by atoms with van der Waals surface area (Å²) in [5, 5.41) is 5.83. The second-order valence-electron chi connectivity index (χ2n) is 4.71. The minimum absolute atomic E-state index is 0.0406.